The first kappa shape index (κ1) is 16.5. The molecule has 132 valence electrons. The van der Waals surface area contributed by atoms with Gasteiger partial charge in [0.25, 0.3) is 0 Å². The summed E-state index contributed by atoms with van der Waals surface area (Å²) in [7, 11) is 0. The normalized spacial score (nSPS) is 36.9. The average molecular weight is 339 g/mol. The topological polar surface area (TPSA) is 70.6 Å². The van der Waals surface area contributed by atoms with Crippen molar-refractivity contribution in [2.75, 3.05) is 6.54 Å². The molecule has 1 aromatic rings. The van der Waals surface area contributed by atoms with Crippen LogP contribution in [-0.4, -0.2) is 30.1 Å². The van der Waals surface area contributed by atoms with Gasteiger partial charge < -0.3 is 10.6 Å². The van der Waals surface area contributed by atoms with Crippen LogP contribution in [0.25, 0.3) is 5.57 Å². The van der Waals surface area contributed by atoms with Crippen molar-refractivity contribution in [2.24, 2.45) is 17.0 Å². The van der Waals surface area contributed by atoms with E-state index in [1.54, 1.807) is 0 Å². The maximum atomic E-state index is 12.4. The van der Waals surface area contributed by atoms with Gasteiger partial charge >= 0.3 is 0 Å². The fourth-order valence-corrected chi connectivity index (χ4v) is 5.12. The molecule has 0 bridgehead atoms. The zero-order chi connectivity index (χ0) is 17.8. The number of carbonyl (C=O) groups is 1. The van der Waals surface area contributed by atoms with Crippen LogP contribution in [0.15, 0.2) is 29.5 Å². The predicted octanol–water partition coefficient (Wildman–Crippen LogP) is 2.71. The lowest BCUT2D eigenvalue weighted by atomic mass is 9.62. The maximum absolute atomic E-state index is 12.4. The van der Waals surface area contributed by atoms with E-state index in [1.165, 1.54) is 22.3 Å². The number of rotatable bonds is 2. The number of hydrogen-bond donors (Lipinski definition) is 2. The van der Waals surface area contributed by atoms with Crippen LogP contribution >= 0.6 is 0 Å². The van der Waals surface area contributed by atoms with Crippen molar-refractivity contribution in [3.8, 4) is 0 Å². The number of carbonyl (C=O) groups excluding carboxylic acids is 1. The summed E-state index contributed by atoms with van der Waals surface area (Å²) in [5.74, 6) is -0.0726. The number of allylic oxidation sites excluding steroid dienone is 1. The van der Waals surface area contributed by atoms with Gasteiger partial charge in [0.2, 0.25) is 5.91 Å². The Kier molecular flexibility index (Phi) is 3.80. The van der Waals surface area contributed by atoms with E-state index in [4.69, 9.17) is 0 Å². The van der Waals surface area contributed by atoms with Gasteiger partial charge in [0.15, 0.2) is 6.04 Å². The molecule has 2 saturated heterocycles. The molecule has 0 radical (unpaired) electrons. The SMILES string of the molecule is Cc1cc(C)cc(C2=CC3C(N=O)C(=O)NC34CNC(C)CC4C2)c1. The summed E-state index contributed by atoms with van der Waals surface area (Å²) in [6, 6.07) is 6.16. The molecule has 4 rings (SSSR count). The van der Waals surface area contributed by atoms with Gasteiger partial charge in [-0.25, -0.2) is 0 Å². The molecule has 5 heteroatoms. The van der Waals surface area contributed by atoms with E-state index < -0.39 is 6.04 Å². The fourth-order valence-electron chi connectivity index (χ4n) is 5.12. The lowest BCUT2D eigenvalue weighted by Crippen LogP contribution is -2.64. The number of nitroso groups, excluding NO2 is 1. The summed E-state index contributed by atoms with van der Waals surface area (Å²) in [4.78, 5) is 23.8. The lowest BCUT2D eigenvalue weighted by molar-refractivity contribution is -0.121. The van der Waals surface area contributed by atoms with Crippen LogP contribution in [0.5, 0.6) is 0 Å². The Bertz CT molecular complexity index is 752. The quantitative estimate of drug-likeness (QED) is 0.814. The Morgan fingerprint density at radius 1 is 1.20 bits per heavy atom. The standard InChI is InChI=1S/C20H25N3O2/c1-11-4-12(2)6-14(5-11)15-8-16-7-13(3)21-10-20(16)17(9-15)18(23-25)19(24)22-20/h4-6,9,13,16-18,21H,7-8,10H2,1-3H3,(H,22,24). The molecule has 1 aromatic carbocycles. The number of piperidine rings is 1. The zero-order valence-corrected chi connectivity index (χ0v) is 15.0. The number of hydrogen-bond acceptors (Lipinski definition) is 4. The largest absolute Gasteiger partial charge is 0.346 e. The molecule has 1 spiro atoms. The van der Waals surface area contributed by atoms with Gasteiger partial charge in [-0.05, 0) is 50.7 Å². The van der Waals surface area contributed by atoms with Crippen LogP contribution in [0.3, 0.4) is 0 Å². The molecule has 0 aromatic heterocycles. The highest BCUT2D eigenvalue weighted by molar-refractivity contribution is 5.88. The Balaban J connectivity index is 1.81. The van der Waals surface area contributed by atoms with Crippen LogP contribution in [-0.2, 0) is 4.79 Å². The number of nitrogens with zero attached hydrogens (tertiary/aromatic N) is 1. The number of amides is 1. The molecular weight excluding hydrogens is 314 g/mol. The van der Waals surface area contributed by atoms with E-state index in [9.17, 15) is 9.70 Å². The van der Waals surface area contributed by atoms with Gasteiger partial charge in [-0.15, -0.1) is 4.91 Å². The highest BCUT2D eigenvalue weighted by Gasteiger charge is 2.59. The molecular formula is C20H25N3O2. The maximum Gasteiger partial charge on any atom is 0.249 e. The Morgan fingerprint density at radius 3 is 2.60 bits per heavy atom. The summed E-state index contributed by atoms with van der Waals surface area (Å²) in [5, 5.41) is 9.83. The minimum absolute atomic E-state index is 0.174. The van der Waals surface area contributed by atoms with Gasteiger partial charge in [0.05, 0.1) is 5.54 Å². The molecule has 1 amide bonds. The van der Waals surface area contributed by atoms with Crippen molar-refractivity contribution < 1.29 is 4.79 Å². The third-order valence-electron chi connectivity index (χ3n) is 6.22. The fraction of sp³-hybridized carbons (Fsp3) is 0.550. The second kappa shape index (κ2) is 5.77. The van der Waals surface area contributed by atoms with Crippen LogP contribution in [0, 0.1) is 30.6 Å². The highest BCUT2D eigenvalue weighted by atomic mass is 16.3. The Hall–Kier alpha value is -2.01. The number of nitrogens with one attached hydrogen (secondary N) is 2. The third-order valence-corrected chi connectivity index (χ3v) is 6.22. The van der Waals surface area contributed by atoms with Crippen molar-refractivity contribution in [3.63, 3.8) is 0 Å². The van der Waals surface area contributed by atoms with E-state index in [0.717, 1.165) is 12.8 Å². The van der Waals surface area contributed by atoms with Gasteiger partial charge in [0.1, 0.15) is 0 Å². The summed E-state index contributed by atoms with van der Waals surface area (Å²) in [5.41, 5.74) is 4.55. The van der Waals surface area contributed by atoms with Crippen LogP contribution in [0.1, 0.15) is 36.5 Å². The minimum Gasteiger partial charge on any atom is -0.346 e. The predicted molar refractivity (Wildman–Crippen MR) is 98.0 cm³/mol. The van der Waals surface area contributed by atoms with Crippen molar-refractivity contribution in [1.82, 2.24) is 10.6 Å². The highest BCUT2D eigenvalue weighted by Crippen LogP contribution is 2.49. The van der Waals surface area contributed by atoms with E-state index in [-0.39, 0.29) is 17.4 Å². The van der Waals surface area contributed by atoms with Crippen molar-refractivity contribution in [1.29, 1.82) is 0 Å². The van der Waals surface area contributed by atoms with Gasteiger partial charge in [-0.3, -0.25) is 4.79 Å². The molecule has 5 nitrogen and oxygen atoms in total. The molecule has 2 fully saturated rings. The summed E-state index contributed by atoms with van der Waals surface area (Å²) < 4.78 is 0. The molecule has 2 aliphatic heterocycles. The Morgan fingerprint density at radius 2 is 1.92 bits per heavy atom. The molecule has 0 saturated carbocycles. The molecule has 3 aliphatic rings. The van der Waals surface area contributed by atoms with Gasteiger partial charge in [-0.2, -0.15) is 0 Å². The van der Waals surface area contributed by atoms with Crippen LogP contribution in [0.4, 0.5) is 0 Å². The first-order valence-corrected chi connectivity index (χ1v) is 9.10. The zero-order valence-electron chi connectivity index (χ0n) is 15.0. The van der Waals surface area contributed by atoms with Gasteiger partial charge in [0, 0.05) is 18.5 Å². The average Bonchev–Trinajstić information content (AvgIpc) is 2.83. The smallest absolute Gasteiger partial charge is 0.249 e. The lowest BCUT2D eigenvalue weighted by Gasteiger charge is -2.49. The first-order chi connectivity index (χ1) is 11.9. The van der Waals surface area contributed by atoms with E-state index in [2.05, 4.69) is 60.9 Å². The van der Waals surface area contributed by atoms with Gasteiger partial charge in [-0.1, -0.05) is 40.6 Å². The Labute approximate surface area is 148 Å². The third kappa shape index (κ3) is 2.53. The van der Waals surface area contributed by atoms with Crippen molar-refractivity contribution in [2.45, 2.75) is 51.2 Å². The van der Waals surface area contributed by atoms with Crippen LogP contribution in [0.2, 0.25) is 0 Å². The number of aryl methyl sites for hydroxylation is 2. The molecule has 2 N–H and O–H groups in total. The molecule has 1 aliphatic carbocycles. The molecule has 5 unspecified atom stereocenters. The second-order valence-corrected chi connectivity index (χ2v) is 8.09. The molecule has 2 heterocycles. The van der Waals surface area contributed by atoms with E-state index >= 15 is 0 Å². The molecule has 5 atom stereocenters. The van der Waals surface area contributed by atoms with E-state index in [1.807, 2.05) is 0 Å². The molecule has 25 heavy (non-hydrogen) atoms. The summed E-state index contributed by atoms with van der Waals surface area (Å²) in [6.45, 7) is 7.10. The van der Waals surface area contributed by atoms with Crippen LogP contribution < -0.4 is 10.6 Å². The second-order valence-electron chi connectivity index (χ2n) is 8.09. The summed E-state index contributed by atoms with van der Waals surface area (Å²) in [6.07, 6.45) is 4.06. The summed E-state index contributed by atoms with van der Waals surface area (Å²) >= 11 is 0. The van der Waals surface area contributed by atoms with E-state index in [0.29, 0.717) is 18.5 Å². The first-order valence-electron chi connectivity index (χ1n) is 9.10. The van der Waals surface area contributed by atoms with Crippen molar-refractivity contribution >= 4 is 11.5 Å². The minimum atomic E-state index is -0.820. The number of benzene rings is 1. The van der Waals surface area contributed by atoms with Crippen molar-refractivity contribution in [3.05, 3.63) is 45.9 Å². The monoisotopic (exact) mass is 339 g/mol.